The first-order chi connectivity index (χ1) is 10.9. The second kappa shape index (κ2) is 5.92. The molecule has 7 heteroatoms. The van der Waals surface area contributed by atoms with Crippen LogP contribution < -0.4 is 5.32 Å². The van der Waals surface area contributed by atoms with Gasteiger partial charge in [0.1, 0.15) is 23.9 Å². The lowest BCUT2D eigenvalue weighted by molar-refractivity contribution is -0.131. The summed E-state index contributed by atoms with van der Waals surface area (Å²) in [6, 6.07) is 4.80. The monoisotopic (exact) mass is 336 g/mol. The van der Waals surface area contributed by atoms with E-state index in [4.69, 9.17) is 11.6 Å². The Morgan fingerprint density at radius 1 is 1.48 bits per heavy atom. The van der Waals surface area contributed by atoms with Gasteiger partial charge >= 0.3 is 0 Å². The number of rotatable bonds is 3. The van der Waals surface area contributed by atoms with E-state index >= 15 is 0 Å². The summed E-state index contributed by atoms with van der Waals surface area (Å²) in [7, 11) is 0. The van der Waals surface area contributed by atoms with Crippen molar-refractivity contribution >= 4 is 34.2 Å². The largest absolute Gasteiger partial charge is 0.358 e. The fraction of sp³-hybridized carbons (Fsp3) is 0.438. The molecule has 23 heavy (non-hydrogen) atoms. The summed E-state index contributed by atoms with van der Waals surface area (Å²) in [5, 5.41) is 4.47. The molecule has 2 atom stereocenters. The molecule has 1 unspecified atom stereocenters. The quantitative estimate of drug-likeness (QED) is 0.936. The van der Waals surface area contributed by atoms with Gasteiger partial charge < -0.3 is 10.2 Å². The zero-order valence-corrected chi connectivity index (χ0v) is 13.8. The van der Waals surface area contributed by atoms with Crippen LogP contribution in [0.4, 0.5) is 10.2 Å². The number of benzene rings is 1. The molecule has 5 nitrogen and oxygen atoms in total. The van der Waals surface area contributed by atoms with Crippen LogP contribution in [0, 0.1) is 0 Å². The van der Waals surface area contributed by atoms with E-state index in [-0.39, 0.29) is 12.5 Å². The number of nitrogens with one attached hydrogen (secondary N) is 1. The molecule has 3 rings (SSSR count). The number of anilines is 1. The van der Waals surface area contributed by atoms with Crippen molar-refractivity contribution in [2.45, 2.75) is 32.0 Å². The predicted octanol–water partition coefficient (Wildman–Crippen LogP) is 3.04. The maximum Gasteiger partial charge on any atom is 0.244 e. The van der Waals surface area contributed by atoms with Gasteiger partial charge in [-0.05, 0) is 32.0 Å². The molecule has 0 spiro atoms. The van der Waals surface area contributed by atoms with Crippen LogP contribution >= 0.6 is 11.6 Å². The molecule has 1 aliphatic rings. The van der Waals surface area contributed by atoms with Crippen LogP contribution in [0.25, 0.3) is 10.9 Å². The van der Waals surface area contributed by atoms with E-state index in [1.54, 1.807) is 24.0 Å². The van der Waals surface area contributed by atoms with Crippen LogP contribution in [-0.4, -0.2) is 45.6 Å². The third-order valence-electron chi connectivity index (χ3n) is 4.06. The average Bonchev–Trinajstić information content (AvgIpc) is 2.86. The topological polar surface area (TPSA) is 58.1 Å². The van der Waals surface area contributed by atoms with Crippen LogP contribution in [0.3, 0.4) is 0 Å². The smallest absolute Gasteiger partial charge is 0.244 e. The van der Waals surface area contributed by atoms with Gasteiger partial charge in [0.15, 0.2) is 0 Å². The molecular formula is C16H18ClFN4O. The zero-order valence-electron chi connectivity index (χ0n) is 13.0. The molecule has 1 aliphatic heterocycles. The highest BCUT2D eigenvalue weighted by molar-refractivity contribution is 6.31. The van der Waals surface area contributed by atoms with Crippen LogP contribution in [0.15, 0.2) is 24.5 Å². The Morgan fingerprint density at radius 3 is 2.96 bits per heavy atom. The van der Waals surface area contributed by atoms with Crippen molar-refractivity contribution < 1.29 is 9.18 Å². The summed E-state index contributed by atoms with van der Waals surface area (Å²) in [6.45, 7) is 3.86. The highest BCUT2D eigenvalue weighted by Crippen LogP contribution is 2.26. The van der Waals surface area contributed by atoms with Gasteiger partial charge in [-0.15, -0.1) is 0 Å². The summed E-state index contributed by atoms with van der Waals surface area (Å²) in [5.41, 5.74) is -0.597. The molecule has 1 saturated heterocycles. The third kappa shape index (κ3) is 3.37. The Kier molecular flexibility index (Phi) is 4.10. The Bertz CT molecular complexity index is 752. The molecule has 1 aromatic carbocycles. The van der Waals surface area contributed by atoms with Gasteiger partial charge in [-0.1, -0.05) is 11.6 Å². The molecule has 2 heterocycles. The maximum atomic E-state index is 13.9. The Hall–Kier alpha value is -1.95. The van der Waals surface area contributed by atoms with E-state index in [9.17, 15) is 9.18 Å². The summed E-state index contributed by atoms with van der Waals surface area (Å²) in [6.07, 6.45) is 1.80. The van der Waals surface area contributed by atoms with Crippen molar-refractivity contribution in [3.8, 4) is 0 Å². The molecule has 0 aliphatic carbocycles. The number of carbonyl (C=O) groups is 1. The van der Waals surface area contributed by atoms with Crippen molar-refractivity contribution in [3.05, 3.63) is 29.5 Å². The number of hydrogen-bond acceptors (Lipinski definition) is 4. The van der Waals surface area contributed by atoms with Gasteiger partial charge in [-0.3, -0.25) is 4.79 Å². The van der Waals surface area contributed by atoms with Crippen LogP contribution in [0.1, 0.15) is 20.3 Å². The van der Waals surface area contributed by atoms with Gasteiger partial charge in [-0.2, -0.15) is 0 Å². The van der Waals surface area contributed by atoms with Gasteiger partial charge in [-0.25, -0.2) is 14.4 Å². The first-order valence-electron chi connectivity index (χ1n) is 7.50. The minimum absolute atomic E-state index is 0.132. The standard InChI is InChI=1S/C16H18ClFN4O/c1-10(15(23)22-6-5-16(2,18)8-22)21-14-12-4-3-11(17)7-13(12)19-9-20-14/h3-4,7,9-10H,5-6,8H2,1-2H3,(H,19,20,21)/t10-,16?/m1/s1. The Morgan fingerprint density at radius 2 is 2.26 bits per heavy atom. The Labute approximate surface area is 138 Å². The number of fused-ring (bicyclic) bond motifs is 1. The summed E-state index contributed by atoms with van der Waals surface area (Å²) >= 11 is 5.96. The summed E-state index contributed by atoms with van der Waals surface area (Å²) in [5.74, 6) is 0.432. The molecule has 1 aromatic heterocycles. The molecule has 122 valence electrons. The molecule has 1 N–H and O–H groups in total. The number of halogens is 2. The van der Waals surface area contributed by atoms with Crippen molar-refractivity contribution in [1.82, 2.24) is 14.9 Å². The first-order valence-corrected chi connectivity index (χ1v) is 7.88. The van der Waals surface area contributed by atoms with Gasteiger partial charge in [0.2, 0.25) is 5.91 Å². The number of amides is 1. The number of nitrogens with zero attached hydrogens (tertiary/aromatic N) is 3. The fourth-order valence-electron chi connectivity index (χ4n) is 2.80. The summed E-state index contributed by atoms with van der Waals surface area (Å²) < 4.78 is 13.9. The lowest BCUT2D eigenvalue weighted by atomic mass is 10.1. The molecule has 0 saturated carbocycles. The zero-order chi connectivity index (χ0) is 16.6. The van der Waals surface area contributed by atoms with Crippen molar-refractivity contribution in [2.75, 3.05) is 18.4 Å². The minimum Gasteiger partial charge on any atom is -0.358 e. The van der Waals surface area contributed by atoms with Crippen LogP contribution in [-0.2, 0) is 4.79 Å². The van der Waals surface area contributed by atoms with E-state index in [0.717, 1.165) is 5.39 Å². The number of aromatic nitrogens is 2. The molecule has 1 amide bonds. The molecular weight excluding hydrogens is 319 g/mol. The summed E-state index contributed by atoms with van der Waals surface area (Å²) in [4.78, 5) is 22.4. The minimum atomic E-state index is -1.30. The van der Waals surface area contributed by atoms with E-state index < -0.39 is 11.7 Å². The molecule has 1 fully saturated rings. The molecule has 2 aromatic rings. The van der Waals surface area contributed by atoms with Crippen molar-refractivity contribution in [1.29, 1.82) is 0 Å². The number of alkyl halides is 1. The lowest BCUT2D eigenvalue weighted by Gasteiger charge is -2.23. The normalized spacial score (nSPS) is 22.3. The van der Waals surface area contributed by atoms with E-state index in [1.165, 1.54) is 13.3 Å². The van der Waals surface area contributed by atoms with Crippen LogP contribution in [0.2, 0.25) is 5.02 Å². The third-order valence-corrected chi connectivity index (χ3v) is 4.29. The van der Waals surface area contributed by atoms with E-state index in [2.05, 4.69) is 15.3 Å². The lowest BCUT2D eigenvalue weighted by Crippen LogP contribution is -2.41. The highest BCUT2D eigenvalue weighted by atomic mass is 35.5. The number of hydrogen-bond donors (Lipinski definition) is 1. The fourth-order valence-corrected chi connectivity index (χ4v) is 2.96. The van der Waals surface area contributed by atoms with E-state index in [1.807, 2.05) is 6.07 Å². The average molecular weight is 337 g/mol. The van der Waals surface area contributed by atoms with Gasteiger partial charge in [0, 0.05) is 23.4 Å². The highest BCUT2D eigenvalue weighted by Gasteiger charge is 2.37. The first kappa shape index (κ1) is 15.9. The molecule has 0 radical (unpaired) electrons. The van der Waals surface area contributed by atoms with Crippen LogP contribution in [0.5, 0.6) is 0 Å². The Balaban J connectivity index is 1.78. The van der Waals surface area contributed by atoms with Crippen molar-refractivity contribution in [2.24, 2.45) is 0 Å². The number of likely N-dealkylation sites (tertiary alicyclic amines) is 1. The van der Waals surface area contributed by atoms with E-state index in [0.29, 0.717) is 29.3 Å². The second-order valence-corrected chi connectivity index (χ2v) is 6.61. The maximum absolute atomic E-state index is 13.9. The van der Waals surface area contributed by atoms with Gasteiger partial charge in [0.05, 0.1) is 12.1 Å². The molecule has 0 bridgehead atoms. The van der Waals surface area contributed by atoms with Crippen molar-refractivity contribution in [3.63, 3.8) is 0 Å². The van der Waals surface area contributed by atoms with Gasteiger partial charge in [0.25, 0.3) is 0 Å². The predicted molar refractivity (Wildman–Crippen MR) is 88.3 cm³/mol. The SMILES string of the molecule is C[C@@H](Nc1ncnc2cc(Cl)ccc12)C(=O)N1CCC(C)(F)C1. The number of carbonyl (C=O) groups excluding carboxylic acids is 1. The second-order valence-electron chi connectivity index (χ2n) is 6.17.